The SMILES string of the molecule is CC(C)(C)OC(=O)N1CCn2c(C(F)(F)F)nc(NC(=O)C3CCN(S(C)(=O)=O)CC3)c2C1. The van der Waals surface area contributed by atoms with E-state index in [0.29, 0.717) is 0 Å². The number of aromatic nitrogens is 2. The molecule has 0 radical (unpaired) electrons. The van der Waals surface area contributed by atoms with Crippen molar-refractivity contribution in [3.05, 3.63) is 11.5 Å². The molecule has 3 heterocycles. The number of amides is 2. The van der Waals surface area contributed by atoms with E-state index in [1.165, 1.54) is 9.21 Å². The average Bonchev–Trinajstić information content (AvgIpc) is 3.04. The fourth-order valence-electron chi connectivity index (χ4n) is 3.84. The van der Waals surface area contributed by atoms with Gasteiger partial charge in [-0.05, 0) is 33.6 Å². The lowest BCUT2D eigenvalue weighted by molar-refractivity contribution is -0.147. The second-order valence-corrected chi connectivity index (χ2v) is 11.2. The van der Waals surface area contributed by atoms with Crippen LogP contribution in [0.3, 0.4) is 0 Å². The van der Waals surface area contributed by atoms with Crippen LogP contribution in [0, 0.1) is 5.92 Å². The van der Waals surface area contributed by atoms with Gasteiger partial charge in [-0.3, -0.25) is 4.79 Å². The maximum absolute atomic E-state index is 13.6. The number of sulfonamides is 1. The van der Waals surface area contributed by atoms with Crippen LogP contribution in [0.5, 0.6) is 0 Å². The lowest BCUT2D eigenvalue weighted by Crippen LogP contribution is -2.42. The summed E-state index contributed by atoms with van der Waals surface area (Å²) < 4.78 is 71.5. The number of nitrogens with one attached hydrogen (secondary N) is 1. The van der Waals surface area contributed by atoms with E-state index in [2.05, 4.69) is 10.3 Å². The summed E-state index contributed by atoms with van der Waals surface area (Å²) >= 11 is 0. The summed E-state index contributed by atoms with van der Waals surface area (Å²) in [4.78, 5) is 30.1. The molecule has 10 nitrogen and oxygen atoms in total. The summed E-state index contributed by atoms with van der Waals surface area (Å²) in [7, 11) is -3.37. The third kappa shape index (κ3) is 5.96. The van der Waals surface area contributed by atoms with E-state index >= 15 is 0 Å². The zero-order chi connectivity index (χ0) is 24.8. The van der Waals surface area contributed by atoms with Crippen molar-refractivity contribution in [1.29, 1.82) is 0 Å². The van der Waals surface area contributed by atoms with Gasteiger partial charge in [0.05, 0.1) is 18.5 Å². The molecule has 0 aromatic carbocycles. The van der Waals surface area contributed by atoms with Crippen LogP contribution >= 0.6 is 0 Å². The van der Waals surface area contributed by atoms with Crippen molar-refractivity contribution in [3.63, 3.8) is 0 Å². The minimum Gasteiger partial charge on any atom is -0.444 e. The van der Waals surface area contributed by atoms with Crippen LogP contribution in [0.25, 0.3) is 0 Å². The largest absolute Gasteiger partial charge is 0.449 e. The highest BCUT2D eigenvalue weighted by molar-refractivity contribution is 7.88. The van der Waals surface area contributed by atoms with Crippen LogP contribution in [0.2, 0.25) is 0 Å². The number of halogens is 3. The van der Waals surface area contributed by atoms with Gasteiger partial charge in [0.1, 0.15) is 5.60 Å². The highest BCUT2D eigenvalue weighted by Crippen LogP contribution is 2.35. The number of alkyl halides is 3. The standard InChI is InChI=1S/C19H28F3N5O5S/c1-18(2,3)32-17(29)25-9-10-27-13(11-25)14(24-16(27)19(20,21)22)23-15(28)12-5-7-26(8-6-12)33(4,30)31/h12H,5-11H2,1-4H3,(H,23,28). The maximum atomic E-state index is 13.6. The van der Waals surface area contributed by atoms with Gasteiger partial charge in [-0.15, -0.1) is 0 Å². The van der Waals surface area contributed by atoms with Crippen molar-refractivity contribution < 1.29 is 35.9 Å². The molecule has 1 aromatic heterocycles. The molecule has 1 saturated heterocycles. The van der Waals surface area contributed by atoms with Crippen molar-refractivity contribution >= 4 is 27.8 Å². The van der Waals surface area contributed by atoms with Crippen LogP contribution in [0.1, 0.15) is 45.1 Å². The molecule has 0 unspecified atom stereocenters. The number of rotatable bonds is 3. The Hall–Kier alpha value is -2.35. The molecule has 0 spiro atoms. The minimum absolute atomic E-state index is 0.00130. The number of imidazole rings is 1. The van der Waals surface area contributed by atoms with E-state index in [1.807, 2.05) is 0 Å². The number of hydrogen-bond acceptors (Lipinski definition) is 6. The second kappa shape index (κ2) is 8.78. The third-order valence-electron chi connectivity index (χ3n) is 5.45. The number of carbonyl (C=O) groups excluding carboxylic acids is 2. The van der Waals surface area contributed by atoms with Crippen LogP contribution in [-0.4, -0.2) is 70.7 Å². The molecule has 3 rings (SSSR count). The molecule has 0 saturated carbocycles. The monoisotopic (exact) mass is 495 g/mol. The molecule has 1 fully saturated rings. The van der Waals surface area contributed by atoms with Gasteiger partial charge in [-0.2, -0.15) is 13.2 Å². The van der Waals surface area contributed by atoms with Crippen molar-refractivity contribution in [2.45, 2.75) is 58.5 Å². The molecular weight excluding hydrogens is 467 g/mol. The molecular formula is C19H28F3N5O5S. The van der Waals surface area contributed by atoms with E-state index in [1.54, 1.807) is 20.8 Å². The molecule has 14 heteroatoms. The van der Waals surface area contributed by atoms with E-state index in [0.717, 1.165) is 10.8 Å². The Labute approximate surface area is 190 Å². The lowest BCUT2D eigenvalue weighted by atomic mass is 9.97. The van der Waals surface area contributed by atoms with Gasteiger partial charge < -0.3 is 19.5 Å². The zero-order valence-electron chi connectivity index (χ0n) is 18.9. The molecule has 1 aromatic rings. The number of fused-ring (bicyclic) bond motifs is 1. The highest BCUT2D eigenvalue weighted by atomic mass is 32.2. The Kier molecular flexibility index (Phi) is 6.72. The Morgan fingerprint density at radius 2 is 1.70 bits per heavy atom. The second-order valence-electron chi connectivity index (χ2n) is 9.21. The predicted molar refractivity (Wildman–Crippen MR) is 112 cm³/mol. The van der Waals surface area contributed by atoms with E-state index < -0.39 is 45.5 Å². The molecule has 1 N–H and O–H groups in total. The first-order chi connectivity index (χ1) is 15.1. The Balaban J connectivity index is 1.80. The minimum atomic E-state index is -4.74. The number of ether oxygens (including phenoxy) is 1. The highest BCUT2D eigenvalue weighted by Gasteiger charge is 2.41. The summed E-state index contributed by atoms with van der Waals surface area (Å²) in [6, 6.07) is 0. The van der Waals surface area contributed by atoms with Gasteiger partial charge in [0.2, 0.25) is 21.8 Å². The van der Waals surface area contributed by atoms with Crippen LogP contribution in [-0.2, 0) is 38.8 Å². The zero-order valence-corrected chi connectivity index (χ0v) is 19.7. The quantitative estimate of drug-likeness (QED) is 0.688. The Bertz CT molecular complexity index is 1020. The summed E-state index contributed by atoms with van der Waals surface area (Å²) in [5.41, 5.74) is -0.717. The first kappa shape index (κ1) is 25.3. The molecule has 33 heavy (non-hydrogen) atoms. The van der Waals surface area contributed by atoms with Crippen LogP contribution < -0.4 is 5.32 Å². The number of anilines is 1. The van der Waals surface area contributed by atoms with Gasteiger partial charge in [0.25, 0.3) is 0 Å². The molecule has 2 aliphatic rings. The summed E-state index contributed by atoms with van der Waals surface area (Å²) in [5, 5.41) is 2.48. The number of nitrogens with zero attached hydrogens (tertiary/aromatic N) is 4. The first-order valence-corrected chi connectivity index (χ1v) is 12.3. The predicted octanol–water partition coefficient (Wildman–Crippen LogP) is 2.26. The fourth-order valence-corrected chi connectivity index (χ4v) is 4.71. The molecule has 0 aliphatic carbocycles. The van der Waals surface area contributed by atoms with Crippen molar-refractivity contribution in [1.82, 2.24) is 18.8 Å². The normalized spacial score (nSPS) is 18.7. The van der Waals surface area contributed by atoms with E-state index in [9.17, 15) is 31.2 Å². The summed E-state index contributed by atoms with van der Waals surface area (Å²) in [6.07, 6.45) is -3.85. The first-order valence-electron chi connectivity index (χ1n) is 10.5. The lowest BCUT2D eigenvalue weighted by Gasteiger charge is -2.32. The summed E-state index contributed by atoms with van der Waals surface area (Å²) in [6.45, 7) is 4.99. The van der Waals surface area contributed by atoms with Gasteiger partial charge in [-0.1, -0.05) is 0 Å². The number of hydrogen-bond donors (Lipinski definition) is 1. The van der Waals surface area contributed by atoms with Gasteiger partial charge >= 0.3 is 12.3 Å². The van der Waals surface area contributed by atoms with Crippen LogP contribution in [0.4, 0.5) is 23.8 Å². The Morgan fingerprint density at radius 3 is 2.21 bits per heavy atom. The maximum Gasteiger partial charge on any atom is 0.449 e. The summed E-state index contributed by atoms with van der Waals surface area (Å²) in [5.74, 6) is -2.51. The fraction of sp³-hybridized carbons (Fsp3) is 0.737. The third-order valence-corrected chi connectivity index (χ3v) is 6.75. The van der Waals surface area contributed by atoms with Gasteiger partial charge in [0, 0.05) is 32.1 Å². The number of piperidine rings is 1. The molecule has 0 bridgehead atoms. The molecule has 2 amide bonds. The molecule has 0 atom stereocenters. The molecule has 2 aliphatic heterocycles. The van der Waals surface area contributed by atoms with Crippen LogP contribution in [0.15, 0.2) is 0 Å². The van der Waals surface area contributed by atoms with Crippen molar-refractivity contribution in [3.8, 4) is 0 Å². The van der Waals surface area contributed by atoms with E-state index in [4.69, 9.17) is 4.74 Å². The average molecular weight is 496 g/mol. The van der Waals surface area contributed by atoms with Crippen molar-refractivity contribution in [2.75, 3.05) is 31.2 Å². The molecule has 186 valence electrons. The smallest absolute Gasteiger partial charge is 0.444 e. The topological polar surface area (TPSA) is 114 Å². The van der Waals surface area contributed by atoms with Gasteiger partial charge in [0.15, 0.2) is 5.82 Å². The van der Waals surface area contributed by atoms with Gasteiger partial charge in [-0.25, -0.2) is 22.5 Å². The van der Waals surface area contributed by atoms with E-state index in [-0.39, 0.29) is 57.1 Å². The number of carbonyl (C=O) groups is 2. The Morgan fingerprint density at radius 1 is 1.09 bits per heavy atom. The van der Waals surface area contributed by atoms with Crippen molar-refractivity contribution in [2.24, 2.45) is 5.92 Å².